The van der Waals surface area contributed by atoms with E-state index < -0.39 is 68.2 Å². The highest BCUT2D eigenvalue weighted by atomic mass is 19.4. The molecule has 1 aromatic heterocycles. The Kier molecular flexibility index (Phi) is 9.09. The van der Waals surface area contributed by atoms with Crippen molar-refractivity contribution in [1.29, 1.82) is 0 Å². The zero-order valence-electron chi connectivity index (χ0n) is 23.2. The number of aliphatic carboxylic acids is 1. The number of methoxy groups -OCH3 is 2. The molecule has 232 valence electrons. The molecule has 1 fully saturated rings. The van der Waals surface area contributed by atoms with Crippen molar-refractivity contribution in [2.75, 3.05) is 33.9 Å². The Morgan fingerprint density at radius 2 is 1.56 bits per heavy atom. The van der Waals surface area contributed by atoms with Crippen LogP contribution in [-0.2, 0) is 16.0 Å². The van der Waals surface area contributed by atoms with Crippen LogP contribution in [0.4, 0.5) is 26.3 Å². The number of halogens is 6. The summed E-state index contributed by atoms with van der Waals surface area (Å²) in [6.07, 6.45) is -8.94. The number of ether oxygens (including phenoxy) is 2. The number of rotatable bonds is 9. The maximum atomic E-state index is 14.3. The van der Waals surface area contributed by atoms with Crippen LogP contribution >= 0.6 is 0 Å². The normalized spacial score (nSPS) is 16.5. The van der Waals surface area contributed by atoms with Gasteiger partial charge >= 0.3 is 18.3 Å². The van der Waals surface area contributed by atoms with Crippen LogP contribution in [0.25, 0.3) is 21.9 Å². The Morgan fingerprint density at radius 3 is 2.09 bits per heavy atom. The van der Waals surface area contributed by atoms with Crippen LogP contribution in [0.15, 0.2) is 48.8 Å². The van der Waals surface area contributed by atoms with E-state index in [-0.39, 0.29) is 6.42 Å². The fourth-order valence-electron chi connectivity index (χ4n) is 5.47. The molecule has 43 heavy (non-hydrogen) atoms. The number of carbonyl (C=O) groups excluding carboxylic acids is 1. The van der Waals surface area contributed by atoms with Crippen molar-refractivity contribution in [1.82, 2.24) is 15.2 Å². The predicted octanol–water partition coefficient (Wildman–Crippen LogP) is 5.24. The van der Waals surface area contributed by atoms with Gasteiger partial charge in [-0.3, -0.25) is 14.7 Å². The lowest BCUT2D eigenvalue weighted by atomic mass is 9.76. The monoisotopic (exact) mass is 613 g/mol. The van der Waals surface area contributed by atoms with E-state index in [1.807, 2.05) is 5.32 Å². The Morgan fingerprint density at radius 1 is 0.977 bits per heavy atom. The third-order valence-electron chi connectivity index (χ3n) is 7.72. The van der Waals surface area contributed by atoms with Crippen LogP contribution in [0.1, 0.15) is 18.4 Å². The number of hydrogen-bond donors (Lipinski definition) is 2. The van der Waals surface area contributed by atoms with E-state index in [1.165, 1.54) is 26.6 Å². The summed E-state index contributed by atoms with van der Waals surface area (Å²) in [7, 11) is 2.93. The number of nitrogens with one attached hydrogen (secondary N) is 1. The van der Waals surface area contributed by atoms with E-state index >= 15 is 0 Å². The number of pyridine rings is 1. The van der Waals surface area contributed by atoms with Crippen molar-refractivity contribution in [2.45, 2.75) is 37.7 Å². The number of carboxylic acids is 1. The number of hydrogen-bond acceptors (Lipinski definition) is 6. The van der Waals surface area contributed by atoms with Crippen LogP contribution in [0.3, 0.4) is 0 Å². The number of aromatic nitrogens is 1. The van der Waals surface area contributed by atoms with Crippen LogP contribution in [-0.4, -0.2) is 79.1 Å². The van der Waals surface area contributed by atoms with Gasteiger partial charge in [0.1, 0.15) is 23.0 Å². The molecule has 0 aliphatic carbocycles. The number of amides is 1. The quantitative estimate of drug-likeness (QED) is 0.319. The maximum Gasteiger partial charge on any atom is 0.403 e. The first-order chi connectivity index (χ1) is 20.2. The molecule has 4 rings (SSSR count). The first-order valence-electron chi connectivity index (χ1n) is 13.2. The Bertz CT molecular complexity index is 1460. The Balaban J connectivity index is 1.65. The molecule has 0 saturated carbocycles. The number of benzene rings is 2. The van der Waals surface area contributed by atoms with Crippen molar-refractivity contribution in [3.8, 4) is 22.6 Å². The predicted molar refractivity (Wildman–Crippen MR) is 144 cm³/mol. The molecule has 8 nitrogen and oxygen atoms in total. The number of likely N-dealkylation sites (tertiary alicyclic amines) is 1. The second kappa shape index (κ2) is 12.3. The fourth-order valence-corrected chi connectivity index (χ4v) is 5.47. The molecule has 1 aliphatic rings. The van der Waals surface area contributed by atoms with Crippen molar-refractivity contribution in [3.05, 3.63) is 54.4 Å². The Hall–Kier alpha value is -4.07. The smallest absolute Gasteiger partial charge is 0.403 e. The van der Waals surface area contributed by atoms with Gasteiger partial charge in [0, 0.05) is 6.42 Å². The van der Waals surface area contributed by atoms with Gasteiger partial charge < -0.3 is 19.9 Å². The zero-order chi connectivity index (χ0) is 31.6. The van der Waals surface area contributed by atoms with Gasteiger partial charge in [-0.25, -0.2) is 4.79 Å². The SMILES string of the molecule is COc1cncc(OC)c1-c1cccc2c(C[C@H](NC(=O)C3(C(F)(F)F)CCN(CC(F)(F)F)CC3)C(=O)O)cccc12. The molecule has 1 saturated heterocycles. The highest BCUT2D eigenvalue weighted by Crippen LogP contribution is 2.47. The highest BCUT2D eigenvalue weighted by molar-refractivity contribution is 6.01. The van der Waals surface area contributed by atoms with Crippen molar-refractivity contribution < 1.29 is 50.5 Å². The molecular formula is C29H29F6N3O5. The molecule has 1 amide bonds. The van der Waals surface area contributed by atoms with Gasteiger partial charge in [-0.15, -0.1) is 0 Å². The van der Waals surface area contributed by atoms with Crippen LogP contribution in [0.5, 0.6) is 11.5 Å². The lowest BCUT2D eigenvalue weighted by molar-refractivity contribution is -0.236. The minimum absolute atomic E-state index is 0.360. The zero-order valence-corrected chi connectivity index (χ0v) is 23.2. The standard InChI is InChI=1S/C29H29F6N3O5/c1-42-22-14-36-15-23(43-2)24(22)20-8-4-6-18-17(5-3-7-19(18)20)13-21(25(39)40)37-26(41)27(29(33,34)35)9-11-38(12-10-27)16-28(30,31)32/h3-8,14-15,21H,9-13,16H2,1-2H3,(H,37,41)(H,39,40)/t21-/m0/s1. The third kappa shape index (κ3) is 6.63. The summed E-state index contributed by atoms with van der Waals surface area (Å²) < 4.78 is 92.0. The van der Waals surface area contributed by atoms with Gasteiger partial charge in [-0.1, -0.05) is 36.4 Å². The summed E-state index contributed by atoms with van der Waals surface area (Å²) in [5.41, 5.74) is -1.36. The molecule has 1 atom stereocenters. The van der Waals surface area contributed by atoms with E-state index in [0.717, 1.165) is 4.90 Å². The van der Waals surface area contributed by atoms with Gasteiger partial charge in [0.05, 0.1) is 38.7 Å². The maximum absolute atomic E-state index is 14.3. The van der Waals surface area contributed by atoms with Crippen LogP contribution in [0.2, 0.25) is 0 Å². The summed E-state index contributed by atoms with van der Waals surface area (Å²) in [5.74, 6) is -2.32. The Labute approximate surface area is 242 Å². The van der Waals surface area contributed by atoms with E-state index in [1.54, 1.807) is 36.4 Å². The number of fused-ring (bicyclic) bond motifs is 1. The summed E-state index contributed by atoms with van der Waals surface area (Å²) in [6, 6.07) is 8.49. The van der Waals surface area contributed by atoms with E-state index in [0.29, 0.717) is 39.0 Å². The molecule has 0 unspecified atom stereocenters. The van der Waals surface area contributed by atoms with Crippen molar-refractivity contribution in [2.24, 2.45) is 5.41 Å². The first kappa shape index (κ1) is 31.9. The largest absolute Gasteiger partial charge is 0.494 e. The van der Waals surface area contributed by atoms with Gasteiger partial charge in [0.25, 0.3) is 0 Å². The number of carboxylic acid groups (broad SMARTS) is 1. The highest BCUT2D eigenvalue weighted by Gasteiger charge is 2.61. The molecule has 0 radical (unpaired) electrons. The third-order valence-corrected chi connectivity index (χ3v) is 7.72. The number of nitrogens with zero attached hydrogens (tertiary/aromatic N) is 2. The first-order valence-corrected chi connectivity index (χ1v) is 13.2. The molecule has 2 N–H and O–H groups in total. The lowest BCUT2D eigenvalue weighted by Gasteiger charge is -2.42. The van der Waals surface area contributed by atoms with Gasteiger partial charge in [0.15, 0.2) is 0 Å². The van der Waals surface area contributed by atoms with Gasteiger partial charge in [0.2, 0.25) is 5.91 Å². The fraction of sp³-hybridized carbons (Fsp3) is 0.414. The average molecular weight is 614 g/mol. The topological polar surface area (TPSA) is 101 Å². The molecule has 3 aromatic rings. The summed E-state index contributed by atoms with van der Waals surface area (Å²) >= 11 is 0. The molecular weight excluding hydrogens is 584 g/mol. The van der Waals surface area contributed by atoms with E-state index in [4.69, 9.17) is 9.47 Å². The van der Waals surface area contributed by atoms with Crippen LogP contribution < -0.4 is 14.8 Å². The van der Waals surface area contributed by atoms with Crippen LogP contribution in [0, 0.1) is 5.41 Å². The number of alkyl halides is 6. The molecule has 1 aliphatic heterocycles. The molecule has 2 heterocycles. The van der Waals surface area contributed by atoms with Crippen molar-refractivity contribution >= 4 is 22.6 Å². The second-order valence-corrected chi connectivity index (χ2v) is 10.3. The van der Waals surface area contributed by atoms with E-state index in [9.17, 15) is 41.0 Å². The van der Waals surface area contributed by atoms with Crippen molar-refractivity contribution in [3.63, 3.8) is 0 Å². The average Bonchev–Trinajstić information content (AvgIpc) is 2.95. The second-order valence-electron chi connectivity index (χ2n) is 10.3. The molecule has 0 bridgehead atoms. The molecule has 0 spiro atoms. The minimum atomic E-state index is -5.11. The number of carbonyl (C=O) groups is 2. The molecule has 14 heteroatoms. The van der Waals surface area contributed by atoms with Gasteiger partial charge in [-0.05, 0) is 47.8 Å². The van der Waals surface area contributed by atoms with E-state index in [2.05, 4.69) is 4.98 Å². The summed E-state index contributed by atoms with van der Waals surface area (Å²) in [6.45, 7) is -2.66. The molecule has 2 aromatic carbocycles. The lowest BCUT2D eigenvalue weighted by Crippen LogP contribution is -2.59. The number of piperidine rings is 1. The summed E-state index contributed by atoms with van der Waals surface area (Å²) in [5, 5.41) is 13.2. The summed E-state index contributed by atoms with van der Waals surface area (Å²) in [4.78, 5) is 30.2. The van der Waals surface area contributed by atoms with Gasteiger partial charge in [-0.2, -0.15) is 26.3 Å². The minimum Gasteiger partial charge on any atom is -0.494 e.